The third-order valence-corrected chi connectivity index (χ3v) is 4.36. The first-order valence-electron chi connectivity index (χ1n) is 5.66. The summed E-state index contributed by atoms with van der Waals surface area (Å²) in [6.07, 6.45) is 0. The molecule has 0 aliphatic carbocycles. The molecular weight excluding hydrogens is 269 g/mol. The van der Waals surface area contributed by atoms with Gasteiger partial charge in [-0.3, -0.25) is 0 Å². The van der Waals surface area contributed by atoms with Gasteiger partial charge in [0.15, 0.2) is 4.34 Å². The van der Waals surface area contributed by atoms with E-state index in [0.717, 1.165) is 21.5 Å². The van der Waals surface area contributed by atoms with E-state index in [1.165, 1.54) is 29.2 Å². The number of aryl methyl sites for hydroxylation is 1. The van der Waals surface area contributed by atoms with Crippen molar-refractivity contribution in [1.29, 1.82) is 0 Å². The summed E-state index contributed by atoms with van der Waals surface area (Å²) in [6.45, 7) is 5.44. The van der Waals surface area contributed by atoms with Gasteiger partial charge in [-0.25, -0.2) is 4.39 Å². The average molecular weight is 283 g/mol. The highest BCUT2D eigenvalue weighted by Crippen LogP contribution is 2.34. The Labute approximate surface area is 114 Å². The van der Waals surface area contributed by atoms with Gasteiger partial charge in [0, 0.05) is 6.54 Å². The molecule has 1 aromatic heterocycles. The summed E-state index contributed by atoms with van der Waals surface area (Å²) in [5.74, 6) is -0.205. The van der Waals surface area contributed by atoms with Crippen LogP contribution < -0.4 is 5.32 Å². The van der Waals surface area contributed by atoms with Gasteiger partial charge in [0.1, 0.15) is 10.8 Å². The van der Waals surface area contributed by atoms with Crippen molar-refractivity contribution >= 4 is 23.1 Å². The molecular formula is C12H14FN3S2. The lowest BCUT2D eigenvalue weighted by Gasteiger charge is -2.08. The minimum atomic E-state index is -0.205. The number of aromatic nitrogens is 2. The Bertz CT molecular complexity index is 528. The highest BCUT2D eigenvalue weighted by atomic mass is 32.2. The maximum absolute atomic E-state index is 13.9. The standard InChI is InChI=1S/C12H14FN3S2/c1-3-14-7-9-5-4-6-10(13)11(9)18-12-16-15-8(2)17-12/h4-6,14H,3,7H2,1-2H3. The van der Waals surface area contributed by atoms with E-state index in [-0.39, 0.29) is 5.82 Å². The minimum absolute atomic E-state index is 0.205. The zero-order valence-corrected chi connectivity index (χ0v) is 11.9. The summed E-state index contributed by atoms with van der Waals surface area (Å²) in [5.41, 5.74) is 0.953. The number of benzene rings is 1. The number of nitrogens with zero attached hydrogens (tertiary/aromatic N) is 2. The molecule has 2 rings (SSSR count). The third-order valence-electron chi connectivity index (χ3n) is 2.31. The lowest BCUT2D eigenvalue weighted by atomic mass is 10.2. The molecule has 0 saturated heterocycles. The molecule has 18 heavy (non-hydrogen) atoms. The molecule has 0 amide bonds. The highest BCUT2D eigenvalue weighted by molar-refractivity contribution is 8.01. The number of hydrogen-bond donors (Lipinski definition) is 1. The molecule has 1 aromatic carbocycles. The van der Waals surface area contributed by atoms with Crippen LogP contribution in [-0.2, 0) is 6.54 Å². The van der Waals surface area contributed by atoms with Crippen LogP contribution in [0.15, 0.2) is 27.4 Å². The summed E-state index contributed by atoms with van der Waals surface area (Å²) in [5, 5.41) is 12.1. The van der Waals surface area contributed by atoms with Gasteiger partial charge in [-0.1, -0.05) is 42.2 Å². The van der Waals surface area contributed by atoms with Crippen molar-refractivity contribution in [2.45, 2.75) is 29.6 Å². The summed E-state index contributed by atoms with van der Waals surface area (Å²) in [7, 11) is 0. The maximum Gasteiger partial charge on any atom is 0.179 e. The van der Waals surface area contributed by atoms with Crippen molar-refractivity contribution in [2.24, 2.45) is 0 Å². The molecule has 0 spiro atoms. The van der Waals surface area contributed by atoms with Crippen molar-refractivity contribution in [1.82, 2.24) is 15.5 Å². The van der Waals surface area contributed by atoms with Crippen LogP contribution in [0.2, 0.25) is 0 Å². The number of halogens is 1. The molecule has 0 saturated carbocycles. The van der Waals surface area contributed by atoms with Crippen LogP contribution in [-0.4, -0.2) is 16.7 Å². The molecule has 1 heterocycles. The fraction of sp³-hybridized carbons (Fsp3) is 0.333. The molecule has 3 nitrogen and oxygen atoms in total. The molecule has 2 aromatic rings. The van der Waals surface area contributed by atoms with E-state index in [1.807, 2.05) is 19.9 Å². The van der Waals surface area contributed by atoms with Crippen LogP contribution in [0.1, 0.15) is 17.5 Å². The minimum Gasteiger partial charge on any atom is -0.313 e. The van der Waals surface area contributed by atoms with Crippen LogP contribution in [0.3, 0.4) is 0 Å². The first kappa shape index (κ1) is 13.5. The van der Waals surface area contributed by atoms with Crippen molar-refractivity contribution in [3.05, 3.63) is 34.6 Å². The Balaban J connectivity index is 2.24. The lowest BCUT2D eigenvalue weighted by molar-refractivity contribution is 0.591. The van der Waals surface area contributed by atoms with Crippen LogP contribution in [0.5, 0.6) is 0 Å². The van der Waals surface area contributed by atoms with E-state index in [0.29, 0.717) is 11.4 Å². The maximum atomic E-state index is 13.9. The second-order valence-electron chi connectivity index (χ2n) is 3.70. The zero-order chi connectivity index (χ0) is 13.0. The molecule has 0 aliphatic rings. The van der Waals surface area contributed by atoms with E-state index in [2.05, 4.69) is 15.5 Å². The predicted molar refractivity (Wildman–Crippen MR) is 72.5 cm³/mol. The molecule has 0 fully saturated rings. The predicted octanol–water partition coefficient (Wildman–Crippen LogP) is 3.25. The van der Waals surface area contributed by atoms with E-state index < -0.39 is 0 Å². The Hall–Kier alpha value is -0.980. The average Bonchev–Trinajstić information content (AvgIpc) is 2.76. The normalized spacial score (nSPS) is 10.8. The molecule has 1 N–H and O–H groups in total. The topological polar surface area (TPSA) is 37.8 Å². The highest BCUT2D eigenvalue weighted by Gasteiger charge is 2.12. The van der Waals surface area contributed by atoms with Crippen molar-refractivity contribution in [2.75, 3.05) is 6.54 Å². The number of rotatable bonds is 5. The first-order valence-corrected chi connectivity index (χ1v) is 7.30. The molecule has 0 bridgehead atoms. The van der Waals surface area contributed by atoms with Gasteiger partial charge in [-0.15, -0.1) is 10.2 Å². The second-order valence-corrected chi connectivity index (χ2v) is 6.14. The fourth-order valence-electron chi connectivity index (χ4n) is 1.47. The van der Waals surface area contributed by atoms with Crippen LogP contribution in [0.4, 0.5) is 4.39 Å². The summed E-state index contributed by atoms with van der Waals surface area (Å²) >= 11 is 2.82. The van der Waals surface area contributed by atoms with E-state index in [1.54, 1.807) is 6.07 Å². The van der Waals surface area contributed by atoms with Gasteiger partial charge in [-0.2, -0.15) is 0 Å². The summed E-state index contributed by atoms with van der Waals surface area (Å²) in [6, 6.07) is 5.14. The number of nitrogens with one attached hydrogen (secondary N) is 1. The Morgan fingerprint density at radius 3 is 2.89 bits per heavy atom. The second kappa shape index (κ2) is 6.26. The zero-order valence-electron chi connectivity index (χ0n) is 10.2. The Morgan fingerprint density at radius 2 is 2.22 bits per heavy atom. The van der Waals surface area contributed by atoms with E-state index in [4.69, 9.17) is 0 Å². The molecule has 0 unspecified atom stereocenters. The Morgan fingerprint density at radius 1 is 1.39 bits per heavy atom. The van der Waals surface area contributed by atoms with Crippen molar-refractivity contribution in [3.8, 4) is 0 Å². The molecule has 0 atom stereocenters. The molecule has 96 valence electrons. The third kappa shape index (κ3) is 3.28. The van der Waals surface area contributed by atoms with Gasteiger partial charge in [0.25, 0.3) is 0 Å². The van der Waals surface area contributed by atoms with Gasteiger partial charge in [-0.05, 0) is 25.1 Å². The largest absolute Gasteiger partial charge is 0.313 e. The van der Waals surface area contributed by atoms with Gasteiger partial charge in [0.2, 0.25) is 0 Å². The molecule has 0 radical (unpaired) electrons. The summed E-state index contributed by atoms with van der Waals surface area (Å²) < 4.78 is 14.7. The molecule has 6 heteroatoms. The van der Waals surface area contributed by atoms with Gasteiger partial charge in [0.05, 0.1) is 4.90 Å². The van der Waals surface area contributed by atoms with E-state index in [9.17, 15) is 4.39 Å². The van der Waals surface area contributed by atoms with Crippen LogP contribution >= 0.6 is 23.1 Å². The fourth-order valence-corrected chi connectivity index (χ4v) is 3.36. The van der Waals surface area contributed by atoms with E-state index >= 15 is 0 Å². The Kier molecular flexibility index (Phi) is 4.68. The molecule has 0 aliphatic heterocycles. The van der Waals surface area contributed by atoms with Crippen LogP contribution in [0.25, 0.3) is 0 Å². The smallest absolute Gasteiger partial charge is 0.179 e. The van der Waals surface area contributed by atoms with Gasteiger partial charge < -0.3 is 5.32 Å². The van der Waals surface area contributed by atoms with Crippen molar-refractivity contribution in [3.63, 3.8) is 0 Å². The SMILES string of the molecule is CCNCc1cccc(F)c1Sc1nnc(C)s1. The van der Waals surface area contributed by atoms with Crippen molar-refractivity contribution < 1.29 is 4.39 Å². The van der Waals surface area contributed by atoms with Gasteiger partial charge >= 0.3 is 0 Å². The number of hydrogen-bond acceptors (Lipinski definition) is 5. The quantitative estimate of drug-likeness (QED) is 0.914. The van der Waals surface area contributed by atoms with Crippen LogP contribution in [0, 0.1) is 12.7 Å². The lowest BCUT2D eigenvalue weighted by Crippen LogP contribution is -2.12. The summed E-state index contributed by atoms with van der Waals surface area (Å²) in [4.78, 5) is 0.634. The first-order chi connectivity index (χ1) is 8.70. The monoisotopic (exact) mass is 283 g/mol.